The van der Waals surface area contributed by atoms with Gasteiger partial charge in [0.05, 0.1) is 10.7 Å². The Hall–Kier alpha value is -2.74. The fraction of sp³-hybridized carbons (Fsp3) is 0. The van der Waals surface area contributed by atoms with Gasteiger partial charge >= 0.3 is 6.09 Å². The number of benzene rings is 1. The molecule has 0 atom stereocenters. The quantitative estimate of drug-likeness (QED) is 0.646. The molecule has 110 valence electrons. The van der Waals surface area contributed by atoms with E-state index in [9.17, 15) is 9.18 Å². The Balaban J connectivity index is 2.24. The lowest BCUT2D eigenvalue weighted by Crippen LogP contribution is -2.27. The summed E-state index contributed by atoms with van der Waals surface area (Å²) in [5, 5.41) is 8.66. The summed E-state index contributed by atoms with van der Waals surface area (Å²) in [4.78, 5) is 14.3. The number of ether oxygens (including phenoxy) is 1. The van der Waals surface area contributed by atoms with E-state index in [0.717, 1.165) is 6.07 Å². The number of nitrogens with zero attached hydrogens (tertiary/aromatic N) is 1. The van der Waals surface area contributed by atoms with Crippen molar-refractivity contribution in [2.45, 2.75) is 0 Å². The van der Waals surface area contributed by atoms with Gasteiger partial charge in [-0.15, -0.1) is 0 Å². The number of hydrazine groups is 1. The molecule has 1 amide bonds. The largest absolute Gasteiger partial charge is 0.464 e. The molecule has 0 saturated carbocycles. The van der Waals surface area contributed by atoms with Crippen LogP contribution in [0.2, 0.25) is 5.02 Å². The Morgan fingerprint density at radius 3 is 2.86 bits per heavy atom. The molecule has 0 bridgehead atoms. The summed E-state index contributed by atoms with van der Waals surface area (Å²) in [6.07, 6.45) is -1.29. The molecule has 0 aliphatic carbocycles. The first-order valence-corrected chi connectivity index (χ1v) is 5.98. The second-order valence-corrected chi connectivity index (χ2v) is 4.23. The van der Waals surface area contributed by atoms with E-state index >= 15 is 0 Å². The van der Waals surface area contributed by atoms with Crippen molar-refractivity contribution >= 4 is 29.2 Å². The zero-order chi connectivity index (χ0) is 15.4. The maximum Gasteiger partial charge on any atom is 0.423 e. The Bertz CT molecular complexity index is 684. The third kappa shape index (κ3) is 3.86. The van der Waals surface area contributed by atoms with Crippen LogP contribution in [0, 0.1) is 5.82 Å². The van der Waals surface area contributed by atoms with Gasteiger partial charge in [-0.05, 0) is 24.3 Å². The lowest BCUT2D eigenvalue weighted by Gasteiger charge is -2.11. The Kier molecular flexibility index (Phi) is 4.29. The monoisotopic (exact) mass is 312 g/mol. The van der Waals surface area contributed by atoms with Gasteiger partial charge in [0.15, 0.2) is 5.75 Å². The molecule has 0 saturated heterocycles. The normalized spacial score (nSPS) is 10.0. The fourth-order valence-corrected chi connectivity index (χ4v) is 1.54. The lowest BCUT2D eigenvalue weighted by atomic mass is 10.3. The van der Waals surface area contributed by atoms with Crippen LogP contribution in [0.1, 0.15) is 0 Å². The molecule has 1 aromatic carbocycles. The summed E-state index contributed by atoms with van der Waals surface area (Å²) in [6, 6.07) is 6.48. The summed E-state index contributed by atoms with van der Waals surface area (Å²) in [5.41, 5.74) is 10.1. The summed E-state index contributed by atoms with van der Waals surface area (Å²) >= 11 is 5.88. The first-order valence-electron chi connectivity index (χ1n) is 5.60. The number of carboxylic acid groups (broad SMARTS) is 1. The zero-order valence-electron chi connectivity index (χ0n) is 10.4. The molecule has 1 heterocycles. The molecule has 1 aromatic heterocycles. The second-order valence-electron chi connectivity index (χ2n) is 3.82. The summed E-state index contributed by atoms with van der Waals surface area (Å²) < 4.78 is 18.5. The van der Waals surface area contributed by atoms with Crippen molar-refractivity contribution in [3.63, 3.8) is 0 Å². The number of carbonyl (C=O) groups is 1. The van der Waals surface area contributed by atoms with Crippen LogP contribution >= 0.6 is 11.6 Å². The highest BCUT2D eigenvalue weighted by atomic mass is 35.5. The maximum atomic E-state index is 13.2. The number of nitrogens with two attached hydrogens (primary N) is 1. The third-order valence-electron chi connectivity index (χ3n) is 2.29. The van der Waals surface area contributed by atoms with Gasteiger partial charge in [0.2, 0.25) is 5.88 Å². The molecule has 21 heavy (non-hydrogen) atoms. The number of hydrogen-bond acceptors (Lipinski definition) is 5. The lowest BCUT2D eigenvalue weighted by molar-refractivity contribution is 0.197. The van der Waals surface area contributed by atoms with E-state index in [-0.39, 0.29) is 28.2 Å². The molecular formula is C12H10ClFN4O3. The molecule has 0 fully saturated rings. The van der Waals surface area contributed by atoms with Gasteiger partial charge in [-0.25, -0.2) is 14.6 Å². The van der Waals surface area contributed by atoms with Crippen LogP contribution in [0.4, 0.5) is 20.7 Å². The molecule has 2 aromatic rings. The number of anilines is 2. The van der Waals surface area contributed by atoms with Crippen LogP contribution in [0.25, 0.3) is 0 Å². The number of nitrogens with one attached hydrogen (secondary N) is 2. The van der Waals surface area contributed by atoms with Crippen molar-refractivity contribution in [3.8, 4) is 11.6 Å². The second kappa shape index (κ2) is 6.14. The molecule has 7 nitrogen and oxygen atoms in total. The minimum atomic E-state index is -1.29. The minimum Gasteiger partial charge on any atom is -0.464 e. The molecular weight excluding hydrogens is 303 g/mol. The van der Waals surface area contributed by atoms with Gasteiger partial charge < -0.3 is 15.6 Å². The molecule has 9 heteroatoms. The van der Waals surface area contributed by atoms with Crippen molar-refractivity contribution in [1.29, 1.82) is 0 Å². The average molecular weight is 313 g/mol. The van der Waals surface area contributed by atoms with E-state index in [1.807, 2.05) is 5.43 Å². The van der Waals surface area contributed by atoms with E-state index in [1.54, 1.807) is 0 Å². The van der Waals surface area contributed by atoms with Crippen molar-refractivity contribution in [1.82, 2.24) is 10.4 Å². The molecule has 0 aliphatic rings. The van der Waals surface area contributed by atoms with Gasteiger partial charge in [0, 0.05) is 6.07 Å². The van der Waals surface area contributed by atoms with Gasteiger partial charge in [-0.1, -0.05) is 11.6 Å². The van der Waals surface area contributed by atoms with Crippen molar-refractivity contribution in [2.24, 2.45) is 0 Å². The van der Waals surface area contributed by atoms with Crippen LogP contribution in [-0.4, -0.2) is 16.2 Å². The molecule has 0 spiro atoms. The predicted octanol–water partition coefficient (Wildman–Crippen LogP) is 2.84. The highest BCUT2D eigenvalue weighted by molar-refractivity contribution is 6.32. The number of aromatic nitrogens is 1. The summed E-state index contributed by atoms with van der Waals surface area (Å²) in [6.45, 7) is 0. The predicted molar refractivity (Wildman–Crippen MR) is 74.9 cm³/mol. The third-order valence-corrected chi connectivity index (χ3v) is 2.60. The smallest absolute Gasteiger partial charge is 0.423 e. The van der Waals surface area contributed by atoms with E-state index in [1.165, 1.54) is 24.3 Å². The van der Waals surface area contributed by atoms with Gasteiger partial charge in [-0.3, -0.25) is 5.43 Å². The van der Waals surface area contributed by atoms with E-state index in [4.69, 9.17) is 27.2 Å². The fourth-order valence-electron chi connectivity index (χ4n) is 1.38. The van der Waals surface area contributed by atoms with Crippen LogP contribution in [0.3, 0.4) is 0 Å². The highest BCUT2D eigenvalue weighted by Crippen LogP contribution is 2.32. The van der Waals surface area contributed by atoms with Crippen LogP contribution in [0.5, 0.6) is 11.6 Å². The van der Waals surface area contributed by atoms with Gasteiger partial charge in [0.25, 0.3) is 0 Å². The minimum absolute atomic E-state index is 0.0409. The van der Waals surface area contributed by atoms with Crippen LogP contribution < -0.4 is 21.3 Å². The summed E-state index contributed by atoms with van der Waals surface area (Å²) in [7, 11) is 0. The van der Waals surface area contributed by atoms with Gasteiger partial charge in [-0.2, -0.15) is 4.98 Å². The van der Waals surface area contributed by atoms with Crippen molar-refractivity contribution in [2.75, 3.05) is 11.2 Å². The number of amides is 1. The number of nitrogen functional groups attached to an aromatic ring is 1. The number of pyridine rings is 1. The number of hydrogen-bond donors (Lipinski definition) is 4. The Morgan fingerprint density at radius 2 is 2.14 bits per heavy atom. The standard InChI is InChI=1S/C12H10ClFN4O3/c13-7-2-1-6(14)5-9(7)21-11-8(15)3-4-10(16-11)17-18-12(19)20/h1-5,18H,15H2,(H,16,17)(H,19,20). The molecule has 0 aliphatic heterocycles. The Labute approximate surface area is 123 Å². The topological polar surface area (TPSA) is 110 Å². The first kappa shape index (κ1) is 14.7. The first-order chi connectivity index (χ1) is 9.95. The van der Waals surface area contributed by atoms with Crippen molar-refractivity contribution in [3.05, 3.63) is 41.2 Å². The molecule has 0 unspecified atom stereocenters. The van der Waals surface area contributed by atoms with Crippen LogP contribution in [-0.2, 0) is 0 Å². The zero-order valence-corrected chi connectivity index (χ0v) is 11.2. The average Bonchev–Trinajstić information content (AvgIpc) is 2.43. The number of rotatable bonds is 4. The van der Waals surface area contributed by atoms with Crippen LogP contribution in [0.15, 0.2) is 30.3 Å². The van der Waals surface area contributed by atoms with E-state index < -0.39 is 11.9 Å². The molecule has 5 N–H and O–H groups in total. The summed E-state index contributed by atoms with van der Waals surface area (Å²) in [5.74, 6) is -0.386. The SMILES string of the molecule is Nc1ccc(NNC(=O)O)nc1Oc1cc(F)ccc1Cl. The highest BCUT2D eigenvalue weighted by Gasteiger charge is 2.10. The molecule has 2 rings (SSSR count). The Morgan fingerprint density at radius 1 is 1.38 bits per heavy atom. The maximum absolute atomic E-state index is 13.2. The molecule has 0 radical (unpaired) electrons. The van der Waals surface area contributed by atoms with E-state index in [2.05, 4.69) is 10.4 Å². The number of halogens is 2. The van der Waals surface area contributed by atoms with Gasteiger partial charge in [0.1, 0.15) is 11.6 Å². The van der Waals surface area contributed by atoms with Crippen molar-refractivity contribution < 1.29 is 19.0 Å². The van der Waals surface area contributed by atoms with E-state index in [0.29, 0.717) is 0 Å².